The highest BCUT2D eigenvalue weighted by Crippen LogP contribution is 2.40. The van der Waals surface area contributed by atoms with Crippen molar-refractivity contribution in [3.8, 4) is 0 Å². The summed E-state index contributed by atoms with van der Waals surface area (Å²) < 4.78 is 5.60. The molecule has 1 aromatic rings. The van der Waals surface area contributed by atoms with E-state index in [1.807, 2.05) is 35.2 Å². The minimum Gasteiger partial charge on any atom is -0.445 e. The molecule has 3 aliphatic rings. The van der Waals surface area contributed by atoms with Crippen molar-refractivity contribution < 1.29 is 14.3 Å². The van der Waals surface area contributed by atoms with E-state index < -0.39 is 0 Å². The lowest BCUT2D eigenvalue weighted by Gasteiger charge is -2.48. The highest BCUT2D eigenvalue weighted by atomic mass is 16.6. The zero-order valence-electron chi connectivity index (χ0n) is 15.4. The molecular weight excluding hydrogens is 326 g/mol. The Bertz CT molecular complexity index is 624. The van der Waals surface area contributed by atoms with E-state index in [4.69, 9.17) is 4.74 Å². The maximum Gasteiger partial charge on any atom is 0.410 e. The number of ketones is 1. The largest absolute Gasteiger partial charge is 0.445 e. The molecule has 1 aliphatic carbocycles. The second-order valence-corrected chi connectivity index (χ2v) is 8.24. The van der Waals surface area contributed by atoms with Crippen LogP contribution in [-0.4, -0.2) is 28.9 Å². The van der Waals surface area contributed by atoms with Gasteiger partial charge in [0, 0.05) is 23.9 Å². The molecule has 2 saturated heterocycles. The first-order chi connectivity index (χ1) is 12.7. The van der Waals surface area contributed by atoms with Crippen molar-refractivity contribution in [1.82, 2.24) is 4.90 Å². The minimum absolute atomic E-state index is 0.159. The Morgan fingerprint density at radius 1 is 0.885 bits per heavy atom. The number of Topliss-reactive ketones (excluding diaryl/α,β-unsaturated/α-hetero) is 1. The third kappa shape index (κ3) is 3.65. The molecule has 2 aliphatic heterocycles. The van der Waals surface area contributed by atoms with E-state index in [0.29, 0.717) is 12.4 Å². The van der Waals surface area contributed by atoms with Crippen LogP contribution in [0.4, 0.5) is 4.79 Å². The molecule has 1 saturated carbocycles. The van der Waals surface area contributed by atoms with Crippen molar-refractivity contribution in [1.29, 1.82) is 0 Å². The van der Waals surface area contributed by atoms with Crippen LogP contribution in [0.1, 0.15) is 63.4 Å². The van der Waals surface area contributed by atoms with Crippen LogP contribution < -0.4 is 0 Å². The van der Waals surface area contributed by atoms with Gasteiger partial charge in [0.05, 0.1) is 0 Å². The Hall–Kier alpha value is -1.84. The van der Waals surface area contributed by atoms with E-state index in [1.165, 1.54) is 12.8 Å². The number of carbonyl (C=O) groups excluding carboxylic acids is 2. The quantitative estimate of drug-likeness (QED) is 0.785. The number of fused-ring (bicyclic) bond motifs is 2. The Morgan fingerprint density at radius 2 is 1.54 bits per heavy atom. The number of hydrogen-bond donors (Lipinski definition) is 0. The van der Waals surface area contributed by atoms with Crippen LogP contribution in [0, 0.1) is 11.8 Å². The maximum absolute atomic E-state index is 12.9. The van der Waals surface area contributed by atoms with E-state index in [1.54, 1.807) is 0 Å². The fraction of sp³-hybridized carbons (Fsp3) is 0.636. The zero-order chi connectivity index (χ0) is 17.9. The van der Waals surface area contributed by atoms with Gasteiger partial charge in [0.1, 0.15) is 12.4 Å². The fourth-order valence-electron chi connectivity index (χ4n) is 5.25. The van der Waals surface area contributed by atoms with Gasteiger partial charge < -0.3 is 9.64 Å². The smallest absolute Gasteiger partial charge is 0.410 e. The monoisotopic (exact) mass is 355 g/mol. The van der Waals surface area contributed by atoms with Crippen LogP contribution in [0.2, 0.25) is 0 Å². The summed E-state index contributed by atoms with van der Waals surface area (Å²) in [6.45, 7) is 0.319. The van der Waals surface area contributed by atoms with Gasteiger partial charge in [0.15, 0.2) is 0 Å². The molecule has 4 rings (SSSR count). The molecule has 4 heteroatoms. The molecule has 3 fully saturated rings. The molecule has 4 nitrogen and oxygen atoms in total. The van der Waals surface area contributed by atoms with Gasteiger partial charge in [-0.3, -0.25) is 4.79 Å². The molecule has 0 radical (unpaired) electrons. The summed E-state index contributed by atoms with van der Waals surface area (Å²) in [5, 5.41) is 0. The first-order valence-electron chi connectivity index (χ1n) is 10.2. The van der Waals surface area contributed by atoms with E-state index in [0.717, 1.165) is 50.5 Å². The molecule has 0 aromatic heterocycles. The summed E-state index contributed by atoms with van der Waals surface area (Å²) in [5.74, 6) is 0.931. The normalized spacial score (nSPS) is 28.8. The summed E-state index contributed by atoms with van der Waals surface area (Å²) in [6.07, 6.45) is 9.20. The number of carbonyl (C=O) groups is 2. The van der Waals surface area contributed by atoms with Crippen molar-refractivity contribution in [3.63, 3.8) is 0 Å². The fourth-order valence-corrected chi connectivity index (χ4v) is 5.25. The SMILES string of the molecule is O=C(C1CCCC1)C1CC2CCCC(C1)N2C(=O)OCc1ccccc1. The second-order valence-electron chi connectivity index (χ2n) is 8.24. The Balaban J connectivity index is 1.38. The third-order valence-corrected chi connectivity index (χ3v) is 6.55. The lowest BCUT2D eigenvalue weighted by molar-refractivity contribution is -0.130. The molecule has 2 atom stereocenters. The molecule has 0 spiro atoms. The second kappa shape index (κ2) is 7.81. The van der Waals surface area contributed by atoms with Crippen LogP contribution in [0.5, 0.6) is 0 Å². The minimum atomic E-state index is -0.199. The number of ether oxygens (including phenoxy) is 1. The standard InChI is InChI=1S/C22H29NO3/c24-21(17-9-4-5-10-17)18-13-19-11-6-12-20(14-18)23(19)22(25)26-15-16-7-2-1-3-8-16/h1-3,7-8,17-20H,4-6,9-15H2. The molecule has 0 N–H and O–H groups in total. The van der Waals surface area contributed by atoms with Crippen LogP contribution in [0.3, 0.4) is 0 Å². The Morgan fingerprint density at radius 3 is 2.19 bits per heavy atom. The van der Waals surface area contributed by atoms with Crippen LogP contribution in [0.25, 0.3) is 0 Å². The topological polar surface area (TPSA) is 46.6 Å². The molecule has 2 unspecified atom stereocenters. The van der Waals surface area contributed by atoms with Crippen LogP contribution in [0.15, 0.2) is 30.3 Å². The lowest BCUT2D eigenvalue weighted by Crippen LogP contribution is -2.56. The highest BCUT2D eigenvalue weighted by molar-refractivity contribution is 5.84. The molecule has 1 aromatic carbocycles. The van der Waals surface area contributed by atoms with E-state index in [2.05, 4.69) is 0 Å². The van der Waals surface area contributed by atoms with Crippen molar-refractivity contribution in [2.45, 2.75) is 76.5 Å². The summed E-state index contributed by atoms with van der Waals surface area (Å²) >= 11 is 0. The number of amides is 1. The summed E-state index contributed by atoms with van der Waals surface area (Å²) in [6, 6.07) is 10.2. The molecule has 2 heterocycles. The molecule has 26 heavy (non-hydrogen) atoms. The van der Waals surface area contributed by atoms with Gasteiger partial charge in [-0.1, -0.05) is 43.2 Å². The molecule has 140 valence electrons. The van der Waals surface area contributed by atoms with E-state index in [9.17, 15) is 9.59 Å². The van der Waals surface area contributed by atoms with Gasteiger partial charge in [0.25, 0.3) is 0 Å². The van der Waals surface area contributed by atoms with Gasteiger partial charge in [-0.15, -0.1) is 0 Å². The van der Waals surface area contributed by atoms with Gasteiger partial charge in [0.2, 0.25) is 0 Å². The number of piperidine rings is 2. The Kier molecular flexibility index (Phi) is 5.28. The Labute approximate surface area is 155 Å². The van der Waals surface area contributed by atoms with Gasteiger partial charge in [-0.05, 0) is 50.5 Å². The number of hydrogen-bond acceptors (Lipinski definition) is 3. The number of rotatable bonds is 4. The van der Waals surface area contributed by atoms with Gasteiger partial charge >= 0.3 is 6.09 Å². The molecule has 2 bridgehead atoms. The van der Waals surface area contributed by atoms with Gasteiger partial charge in [-0.25, -0.2) is 4.79 Å². The van der Waals surface area contributed by atoms with Crippen LogP contribution in [-0.2, 0) is 16.1 Å². The van der Waals surface area contributed by atoms with Crippen molar-refractivity contribution >= 4 is 11.9 Å². The summed E-state index contributed by atoms with van der Waals surface area (Å²) in [7, 11) is 0. The van der Waals surface area contributed by atoms with Crippen molar-refractivity contribution in [2.24, 2.45) is 11.8 Å². The summed E-state index contributed by atoms with van der Waals surface area (Å²) in [4.78, 5) is 27.6. The van der Waals surface area contributed by atoms with E-state index in [-0.39, 0.29) is 30.0 Å². The van der Waals surface area contributed by atoms with Crippen molar-refractivity contribution in [3.05, 3.63) is 35.9 Å². The first-order valence-corrected chi connectivity index (χ1v) is 10.2. The van der Waals surface area contributed by atoms with Crippen molar-refractivity contribution in [2.75, 3.05) is 0 Å². The number of benzene rings is 1. The average Bonchev–Trinajstić information content (AvgIpc) is 3.20. The maximum atomic E-state index is 12.9. The number of nitrogens with zero attached hydrogens (tertiary/aromatic N) is 1. The average molecular weight is 355 g/mol. The summed E-state index contributed by atoms with van der Waals surface area (Å²) in [5.41, 5.74) is 1.01. The zero-order valence-corrected chi connectivity index (χ0v) is 15.4. The molecule has 1 amide bonds. The third-order valence-electron chi connectivity index (χ3n) is 6.55. The predicted octanol–water partition coefficient (Wildman–Crippen LogP) is 4.72. The predicted molar refractivity (Wildman–Crippen MR) is 99.6 cm³/mol. The highest BCUT2D eigenvalue weighted by Gasteiger charge is 2.44. The van der Waals surface area contributed by atoms with E-state index >= 15 is 0 Å². The molecular formula is C22H29NO3. The lowest BCUT2D eigenvalue weighted by atomic mass is 9.74. The van der Waals surface area contributed by atoms with Crippen LogP contribution >= 0.6 is 0 Å². The first kappa shape index (κ1) is 17.6. The van der Waals surface area contributed by atoms with Gasteiger partial charge in [-0.2, -0.15) is 0 Å².